The van der Waals surface area contributed by atoms with Crippen LogP contribution in [0.15, 0.2) is 36.5 Å². The molecule has 0 radical (unpaired) electrons. The van der Waals surface area contributed by atoms with Gasteiger partial charge in [0.1, 0.15) is 0 Å². The Labute approximate surface area is 168 Å². The van der Waals surface area contributed by atoms with Crippen molar-refractivity contribution in [3.63, 3.8) is 0 Å². The minimum Gasteiger partial charge on any atom is -0.391 e. The Hall–Kier alpha value is -1.49. The van der Waals surface area contributed by atoms with Crippen LogP contribution in [0.1, 0.15) is 44.1 Å². The van der Waals surface area contributed by atoms with E-state index >= 15 is 0 Å². The first-order chi connectivity index (χ1) is 13.8. The van der Waals surface area contributed by atoms with Crippen LogP contribution < -0.4 is 0 Å². The zero-order valence-electron chi connectivity index (χ0n) is 16.8. The van der Waals surface area contributed by atoms with Crippen molar-refractivity contribution in [3.8, 4) is 0 Å². The molecule has 0 spiro atoms. The molecule has 1 aliphatic carbocycles. The van der Waals surface area contributed by atoms with E-state index in [2.05, 4.69) is 39.0 Å². The molecule has 1 N–H and O–H groups in total. The van der Waals surface area contributed by atoms with E-state index in [1.54, 1.807) is 0 Å². The summed E-state index contributed by atoms with van der Waals surface area (Å²) in [7, 11) is 0. The molecule has 1 aromatic carbocycles. The number of rotatable bonds is 4. The van der Waals surface area contributed by atoms with Crippen LogP contribution in [0.25, 0.3) is 10.9 Å². The molecule has 4 heteroatoms. The van der Waals surface area contributed by atoms with Gasteiger partial charge in [0.25, 0.3) is 0 Å². The highest BCUT2D eigenvalue weighted by atomic mass is 16.3. The number of hydrogen-bond acceptors (Lipinski definition) is 4. The average Bonchev–Trinajstić information content (AvgIpc) is 3.39. The molecule has 0 amide bonds. The van der Waals surface area contributed by atoms with E-state index in [-0.39, 0.29) is 6.10 Å². The second kappa shape index (κ2) is 8.10. The lowest BCUT2D eigenvalue weighted by Crippen LogP contribution is -2.47. The van der Waals surface area contributed by atoms with Gasteiger partial charge in [-0.25, -0.2) is 0 Å². The van der Waals surface area contributed by atoms with Crippen LogP contribution in [0.5, 0.6) is 0 Å². The number of likely N-dealkylation sites (tertiary alicyclic amines) is 2. The normalized spacial score (nSPS) is 28.5. The molecule has 0 bridgehead atoms. The second-order valence-electron chi connectivity index (χ2n) is 9.18. The Balaban J connectivity index is 1.21. The summed E-state index contributed by atoms with van der Waals surface area (Å²) in [5, 5.41) is 12.0. The Bertz CT molecular complexity index is 790. The lowest BCUT2D eigenvalue weighted by molar-refractivity contribution is 0.0871. The summed E-state index contributed by atoms with van der Waals surface area (Å²) in [4.78, 5) is 9.82. The third kappa shape index (κ3) is 3.70. The molecular formula is C24H33N3O. The van der Waals surface area contributed by atoms with E-state index in [1.165, 1.54) is 62.6 Å². The molecule has 3 heterocycles. The zero-order chi connectivity index (χ0) is 18.9. The van der Waals surface area contributed by atoms with Crippen LogP contribution in [-0.2, 0) is 6.42 Å². The molecule has 1 aromatic heterocycles. The smallest absolute Gasteiger partial charge is 0.0710 e. The second-order valence-corrected chi connectivity index (χ2v) is 9.18. The van der Waals surface area contributed by atoms with E-state index in [0.29, 0.717) is 12.0 Å². The predicted molar refractivity (Wildman–Crippen MR) is 113 cm³/mol. The summed E-state index contributed by atoms with van der Waals surface area (Å²) in [6, 6.07) is 12.0. The average molecular weight is 380 g/mol. The molecule has 2 saturated heterocycles. The van der Waals surface area contributed by atoms with Gasteiger partial charge in [-0.3, -0.25) is 9.88 Å². The number of aliphatic hydroxyl groups excluding tert-OH is 1. The first kappa shape index (κ1) is 18.5. The number of β-amino-alcohol motifs (C(OH)–C–C–N with tert-alkyl or cyclic N) is 1. The summed E-state index contributed by atoms with van der Waals surface area (Å²) >= 11 is 0. The molecule has 1 saturated carbocycles. The lowest BCUT2D eigenvalue weighted by atomic mass is 9.94. The van der Waals surface area contributed by atoms with Gasteiger partial charge in [0.15, 0.2) is 0 Å². The van der Waals surface area contributed by atoms with E-state index in [4.69, 9.17) is 0 Å². The highest BCUT2D eigenvalue weighted by molar-refractivity contribution is 5.81. The van der Waals surface area contributed by atoms with E-state index in [0.717, 1.165) is 31.1 Å². The van der Waals surface area contributed by atoms with Crippen molar-refractivity contribution in [2.45, 2.75) is 63.1 Å². The topological polar surface area (TPSA) is 39.6 Å². The number of fused-ring (bicyclic) bond motifs is 1. The molecular weight excluding hydrogens is 346 g/mol. The third-order valence-electron chi connectivity index (χ3n) is 7.51. The highest BCUT2D eigenvalue weighted by Crippen LogP contribution is 2.31. The first-order valence-corrected chi connectivity index (χ1v) is 11.3. The van der Waals surface area contributed by atoms with Crippen molar-refractivity contribution in [2.24, 2.45) is 5.92 Å². The number of hydrogen-bond donors (Lipinski definition) is 1. The monoisotopic (exact) mass is 379 g/mol. The fourth-order valence-electron chi connectivity index (χ4n) is 5.89. The molecule has 2 aromatic rings. The number of aromatic nitrogens is 1. The van der Waals surface area contributed by atoms with Crippen molar-refractivity contribution in [1.82, 2.24) is 14.8 Å². The van der Waals surface area contributed by atoms with E-state index in [9.17, 15) is 5.11 Å². The molecule has 4 nitrogen and oxygen atoms in total. The van der Waals surface area contributed by atoms with Crippen LogP contribution in [0.3, 0.4) is 0 Å². The predicted octanol–water partition coefficient (Wildman–Crippen LogP) is 3.48. The van der Waals surface area contributed by atoms with Gasteiger partial charge in [-0.2, -0.15) is 0 Å². The van der Waals surface area contributed by atoms with Gasteiger partial charge in [0.2, 0.25) is 0 Å². The van der Waals surface area contributed by atoms with Crippen molar-refractivity contribution in [1.29, 1.82) is 0 Å². The molecule has 3 fully saturated rings. The minimum absolute atomic E-state index is 0.209. The third-order valence-corrected chi connectivity index (χ3v) is 7.51. The summed E-state index contributed by atoms with van der Waals surface area (Å²) in [6.45, 7) is 4.39. The van der Waals surface area contributed by atoms with Gasteiger partial charge in [0, 0.05) is 42.7 Å². The fourth-order valence-corrected chi connectivity index (χ4v) is 5.89. The van der Waals surface area contributed by atoms with Crippen molar-refractivity contribution in [2.75, 3.05) is 26.2 Å². The SMILES string of the molecule is O[C@H]1CN(C2CCN(C3CCCC3)CC2)C[C@H]1Cc1ccnc2ccccc12. The molecule has 5 rings (SSSR count). The van der Waals surface area contributed by atoms with E-state index < -0.39 is 0 Å². The van der Waals surface area contributed by atoms with Gasteiger partial charge in [-0.15, -0.1) is 0 Å². The maximum absolute atomic E-state index is 10.8. The van der Waals surface area contributed by atoms with Crippen LogP contribution >= 0.6 is 0 Å². The number of aliphatic hydroxyl groups is 1. The Morgan fingerprint density at radius 3 is 2.46 bits per heavy atom. The molecule has 2 aliphatic heterocycles. The largest absolute Gasteiger partial charge is 0.391 e. The number of nitrogens with zero attached hydrogens (tertiary/aromatic N) is 3. The summed E-state index contributed by atoms with van der Waals surface area (Å²) < 4.78 is 0. The first-order valence-electron chi connectivity index (χ1n) is 11.3. The fraction of sp³-hybridized carbons (Fsp3) is 0.625. The standard InChI is InChI=1S/C24H33N3O/c28-24-17-27(21-10-13-26(14-11-21)20-5-1-2-6-20)16-19(24)15-18-9-12-25-23-8-4-3-7-22(18)23/h3-4,7-9,12,19-21,24,28H,1-2,5-6,10-11,13-17H2/t19-,24+/m1/s1. The lowest BCUT2D eigenvalue weighted by Gasteiger charge is -2.39. The highest BCUT2D eigenvalue weighted by Gasteiger charge is 2.37. The molecule has 0 unspecified atom stereocenters. The summed E-state index contributed by atoms with van der Waals surface area (Å²) in [5.74, 6) is 0.332. The number of para-hydroxylation sites is 1. The van der Waals surface area contributed by atoms with Gasteiger partial charge >= 0.3 is 0 Å². The van der Waals surface area contributed by atoms with Crippen molar-refractivity contribution >= 4 is 10.9 Å². The number of pyridine rings is 1. The van der Waals surface area contributed by atoms with E-state index in [1.807, 2.05) is 12.3 Å². The Morgan fingerprint density at radius 2 is 1.64 bits per heavy atom. The van der Waals surface area contributed by atoms with Crippen LogP contribution in [-0.4, -0.2) is 64.3 Å². The Morgan fingerprint density at radius 1 is 0.893 bits per heavy atom. The van der Waals surface area contributed by atoms with Crippen LogP contribution in [0.4, 0.5) is 0 Å². The van der Waals surface area contributed by atoms with Crippen LogP contribution in [0.2, 0.25) is 0 Å². The quantitative estimate of drug-likeness (QED) is 0.883. The summed E-state index contributed by atoms with van der Waals surface area (Å²) in [6.07, 6.45) is 10.9. The van der Waals surface area contributed by atoms with Crippen molar-refractivity contribution in [3.05, 3.63) is 42.1 Å². The van der Waals surface area contributed by atoms with Gasteiger partial charge in [0.05, 0.1) is 11.6 Å². The van der Waals surface area contributed by atoms with Gasteiger partial charge < -0.3 is 10.0 Å². The maximum atomic E-state index is 10.8. The Kier molecular flexibility index (Phi) is 5.36. The van der Waals surface area contributed by atoms with Gasteiger partial charge in [-0.1, -0.05) is 31.0 Å². The summed E-state index contributed by atoms with van der Waals surface area (Å²) in [5.41, 5.74) is 2.39. The molecule has 150 valence electrons. The zero-order valence-corrected chi connectivity index (χ0v) is 16.8. The minimum atomic E-state index is -0.209. The molecule has 2 atom stereocenters. The number of benzene rings is 1. The maximum Gasteiger partial charge on any atom is 0.0710 e. The van der Waals surface area contributed by atoms with Crippen molar-refractivity contribution < 1.29 is 5.11 Å². The van der Waals surface area contributed by atoms with Gasteiger partial charge in [-0.05, 0) is 62.9 Å². The molecule has 28 heavy (non-hydrogen) atoms. The van der Waals surface area contributed by atoms with Crippen LogP contribution in [0, 0.1) is 5.92 Å². The molecule has 3 aliphatic rings. The number of piperidine rings is 1.